The Morgan fingerprint density at radius 1 is 1.12 bits per heavy atom. The van der Waals surface area contributed by atoms with Crippen LogP contribution in [0.1, 0.15) is 6.92 Å². The highest BCUT2D eigenvalue weighted by Gasteiger charge is 2.32. The van der Waals surface area contributed by atoms with Crippen molar-refractivity contribution < 1.29 is 23.7 Å². The summed E-state index contributed by atoms with van der Waals surface area (Å²) in [7, 11) is -4.68. The van der Waals surface area contributed by atoms with E-state index in [0.717, 1.165) is 11.1 Å². The Kier molecular flexibility index (Phi) is 5.54. The Hall–Kier alpha value is -2.02. The Bertz CT molecular complexity index is 741. The molecular weight excluding hydrogens is 331 g/mol. The lowest BCUT2D eigenvalue weighted by molar-refractivity contribution is -0.121. The number of benzene rings is 2. The molecule has 0 heterocycles. The van der Waals surface area contributed by atoms with Gasteiger partial charge in [0.15, 0.2) is 0 Å². The number of hydrogen-bond donors (Lipinski definition) is 4. The molecule has 0 aromatic heterocycles. The van der Waals surface area contributed by atoms with Crippen molar-refractivity contribution in [1.29, 1.82) is 0 Å². The van der Waals surface area contributed by atoms with Crippen LogP contribution in [0.2, 0.25) is 0 Å². The molecule has 0 spiro atoms. The van der Waals surface area contributed by atoms with Crippen LogP contribution in [0.3, 0.4) is 0 Å². The van der Waals surface area contributed by atoms with Gasteiger partial charge in [0.2, 0.25) is 5.91 Å². The fraction of sp³-hybridized carbons (Fsp3) is 0.188. The zero-order chi connectivity index (χ0) is 17.8. The SMILES string of the molecule is C[C@](N)(COP(=O)(O)O)C(=O)Nc1ccc(-c2ccccc2)cc1. The van der Waals surface area contributed by atoms with Gasteiger partial charge < -0.3 is 20.8 Å². The minimum atomic E-state index is -4.68. The van der Waals surface area contributed by atoms with E-state index in [4.69, 9.17) is 15.5 Å². The van der Waals surface area contributed by atoms with Crippen molar-refractivity contribution in [2.45, 2.75) is 12.5 Å². The maximum Gasteiger partial charge on any atom is 0.469 e. The van der Waals surface area contributed by atoms with Gasteiger partial charge in [0, 0.05) is 5.69 Å². The van der Waals surface area contributed by atoms with Crippen LogP contribution < -0.4 is 11.1 Å². The average molecular weight is 350 g/mol. The molecule has 0 aliphatic heterocycles. The number of carbonyl (C=O) groups excluding carboxylic acids is 1. The van der Waals surface area contributed by atoms with Gasteiger partial charge in [-0.15, -0.1) is 0 Å². The first-order chi connectivity index (χ1) is 11.2. The fourth-order valence-corrected chi connectivity index (χ4v) is 2.37. The number of carbonyl (C=O) groups is 1. The number of nitrogens with one attached hydrogen (secondary N) is 1. The first-order valence-corrected chi connectivity index (χ1v) is 8.66. The Balaban J connectivity index is 2.02. The van der Waals surface area contributed by atoms with Gasteiger partial charge in [-0.3, -0.25) is 9.32 Å². The molecule has 2 rings (SSSR count). The fourth-order valence-electron chi connectivity index (χ4n) is 1.93. The van der Waals surface area contributed by atoms with Crippen LogP contribution in [0.5, 0.6) is 0 Å². The molecule has 0 saturated heterocycles. The molecule has 1 atom stereocenters. The topological polar surface area (TPSA) is 122 Å². The second kappa shape index (κ2) is 7.25. The second-order valence-corrected chi connectivity index (χ2v) is 6.82. The van der Waals surface area contributed by atoms with Crippen LogP contribution in [-0.2, 0) is 13.9 Å². The maximum absolute atomic E-state index is 12.1. The predicted octanol–water partition coefficient (Wildman–Crippen LogP) is 2.12. The first kappa shape index (κ1) is 18.3. The highest BCUT2D eigenvalue weighted by atomic mass is 31.2. The molecule has 0 unspecified atom stereocenters. The lowest BCUT2D eigenvalue weighted by Gasteiger charge is -2.23. The molecule has 2 aromatic rings. The van der Waals surface area contributed by atoms with Crippen LogP contribution >= 0.6 is 7.82 Å². The third-order valence-corrected chi connectivity index (χ3v) is 3.77. The molecule has 1 amide bonds. The molecule has 7 nitrogen and oxygen atoms in total. The third kappa shape index (κ3) is 5.26. The number of amides is 1. The Morgan fingerprint density at radius 2 is 1.67 bits per heavy atom. The molecule has 0 aliphatic carbocycles. The van der Waals surface area contributed by atoms with E-state index in [-0.39, 0.29) is 0 Å². The van der Waals surface area contributed by atoms with Gasteiger partial charge in [-0.1, -0.05) is 42.5 Å². The maximum atomic E-state index is 12.1. The standard InChI is InChI=1S/C16H19N2O5P/c1-16(17,11-23-24(20,21)22)15(19)18-14-9-7-13(8-10-14)12-5-3-2-4-6-12/h2-10H,11,17H2,1H3,(H,18,19)(H2,20,21,22)/t16-/m0/s1. The van der Waals surface area contributed by atoms with Crippen molar-refractivity contribution in [3.8, 4) is 11.1 Å². The summed E-state index contributed by atoms with van der Waals surface area (Å²) < 4.78 is 15.0. The van der Waals surface area contributed by atoms with E-state index in [1.807, 2.05) is 42.5 Å². The van der Waals surface area contributed by atoms with Gasteiger partial charge in [-0.2, -0.15) is 0 Å². The van der Waals surface area contributed by atoms with Gasteiger partial charge in [0.1, 0.15) is 5.54 Å². The molecule has 0 saturated carbocycles. The van der Waals surface area contributed by atoms with Crippen LogP contribution in [0, 0.1) is 0 Å². The van der Waals surface area contributed by atoms with Crippen LogP contribution in [-0.4, -0.2) is 27.8 Å². The van der Waals surface area contributed by atoms with Crippen LogP contribution in [0.4, 0.5) is 5.69 Å². The zero-order valence-corrected chi connectivity index (χ0v) is 13.9. The molecule has 2 aromatic carbocycles. The molecule has 0 aliphatic rings. The monoisotopic (exact) mass is 350 g/mol. The molecule has 0 fully saturated rings. The van der Waals surface area contributed by atoms with E-state index in [9.17, 15) is 9.36 Å². The zero-order valence-electron chi connectivity index (χ0n) is 13.0. The van der Waals surface area contributed by atoms with Crippen LogP contribution in [0.25, 0.3) is 11.1 Å². The first-order valence-electron chi connectivity index (χ1n) is 7.13. The largest absolute Gasteiger partial charge is 0.469 e. The summed E-state index contributed by atoms with van der Waals surface area (Å²) in [5.74, 6) is -0.608. The minimum Gasteiger partial charge on any atom is -0.324 e. The summed E-state index contributed by atoms with van der Waals surface area (Å²) in [6.07, 6.45) is 0. The predicted molar refractivity (Wildman–Crippen MR) is 91.1 cm³/mol. The highest BCUT2D eigenvalue weighted by Crippen LogP contribution is 2.36. The van der Waals surface area contributed by atoms with Crippen LogP contribution in [0.15, 0.2) is 54.6 Å². The van der Waals surface area contributed by atoms with E-state index in [2.05, 4.69) is 9.84 Å². The molecule has 128 valence electrons. The van der Waals surface area contributed by atoms with E-state index in [1.165, 1.54) is 6.92 Å². The summed E-state index contributed by atoms with van der Waals surface area (Å²) >= 11 is 0. The number of phosphoric ester groups is 1. The molecule has 24 heavy (non-hydrogen) atoms. The third-order valence-electron chi connectivity index (χ3n) is 3.30. The van der Waals surface area contributed by atoms with Gasteiger partial charge in [-0.25, -0.2) is 4.57 Å². The van der Waals surface area contributed by atoms with Gasteiger partial charge in [0.25, 0.3) is 0 Å². The highest BCUT2D eigenvalue weighted by molar-refractivity contribution is 7.46. The quantitative estimate of drug-likeness (QED) is 0.592. The summed E-state index contributed by atoms with van der Waals surface area (Å²) in [6.45, 7) is 0.724. The number of rotatable bonds is 6. The van der Waals surface area contributed by atoms with Gasteiger partial charge in [-0.05, 0) is 30.2 Å². The van der Waals surface area contributed by atoms with Crippen molar-refractivity contribution in [2.75, 3.05) is 11.9 Å². The van der Waals surface area contributed by atoms with Crippen molar-refractivity contribution in [3.05, 3.63) is 54.6 Å². The van der Waals surface area contributed by atoms with E-state index in [0.29, 0.717) is 5.69 Å². The molecular formula is C16H19N2O5P. The van der Waals surface area contributed by atoms with E-state index in [1.54, 1.807) is 12.1 Å². The Morgan fingerprint density at radius 3 is 2.21 bits per heavy atom. The smallest absolute Gasteiger partial charge is 0.324 e. The van der Waals surface area contributed by atoms with Gasteiger partial charge in [0.05, 0.1) is 6.61 Å². The summed E-state index contributed by atoms with van der Waals surface area (Å²) in [6, 6.07) is 16.9. The number of hydrogen-bond acceptors (Lipinski definition) is 4. The van der Waals surface area contributed by atoms with E-state index >= 15 is 0 Å². The number of anilines is 1. The van der Waals surface area contributed by atoms with Crippen molar-refractivity contribution >= 4 is 19.4 Å². The molecule has 0 radical (unpaired) electrons. The average Bonchev–Trinajstić information content (AvgIpc) is 2.54. The van der Waals surface area contributed by atoms with Crippen molar-refractivity contribution in [3.63, 3.8) is 0 Å². The second-order valence-electron chi connectivity index (χ2n) is 5.58. The van der Waals surface area contributed by atoms with Crippen molar-refractivity contribution in [1.82, 2.24) is 0 Å². The summed E-state index contributed by atoms with van der Waals surface area (Å²) in [5, 5.41) is 2.60. The minimum absolute atomic E-state index is 0.521. The normalized spacial score (nSPS) is 14.0. The van der Waals surface area contributed by atoms with E-state index < -0.39 is 25.9 Å². The number of nitrogens with two attached hydrogens (primary N) is 1. The summed E-state index contributed by atoms with van der Waals surface area (Å²) in [4.78, 5) is 29.5. The molecule has 0 bridgehead atoms. The Labute approximate surface area is 139 Å². The molecule has 8 heteroatoms. The summed E-state index contributed by atoms with van der Waals surface area (Å²) in [5.41, 5.74) is 6.74. The lowest BCUT2D eigenvalue weighted by atomic mass is 10.0. The number of phosphoric acid groups is 1. The van der Waals surface area contributed by atoms with Crippen molar-refractivity contribution in [2.24, 2.45) is 5.73 Å². The molecule has 5 N–H and O–H groups in total. The lowest BCUT2D eigenvalue weighted by Crippen LogP contribution is -2.52. The van der Waals surface area contributed by atoms with Gasteiger partial charge >= 0.3 is 7.82 Å².